The molecule has 7 nitrogen and oxygen atoms in total. The molecule has 0 spiro atoms. The van der Waals surface area contributed by atoms with Gasteiger partial charge in [-0.25, -0.2) is 18.7 Å². The van der Waals surface area contributed by atoms with E-state index in [1.54, 1.807) is 13.8 Å². The van der Waals surface area contributed by atoms with Crippen molar-refractivity contribution in [2.75, 3.05) is 11.9 Å². The van der Waals surface area contributed by atoms with Gasteiger partial charge in [-0.1, -0.05) is 19.9 Å². The lowest BCUT2D eigenvalue weighted by Crippen LogP contribution is -2.33. The van der Waals surface area contributed by atoms with Crippen molar-refractivity contribution in [3.05, 3.63) is 47.8 Å². The SMILES string of the molecule is CC(C)C(=O)Nc1cc(C(=O)NCc2ccc(OCC(F)(F)C(F)F)nc2)ccn1. The van der Waals surface area contributed by atoms with Gasteiger partial charge in [0.05, 0.1) is 0 Å². The number of carbonyl (C=O) groups excluding carboxylic acids is 2. The van der Waals surface area contributed by atoms with Gasteiger partial charge in [0.25, 0.3) is 5.91 Å². The second kappa shape index (κ2) is 9.99. The summed E-state index contributed by atoms with van der Waals surface area (Å²) >= 11 is 0. The van der Waals surface area contributed by atoms with Gasteiger partial charge in [-0.2, -0.15) is 8.78 Å². The van der Waals surface area contributed by atoms with Crippen LogP contribution in [-0.4, -0.2) is 40.7 Å². The summed E-state index contributed by atoms with van der Waals surface area (Å²) in [7, 11) is 0. The van der Waals surface area contributed by atoms with E-state index in [1.807, 2.05) is 0 Å². The molecule has 2 aromatic heterocycles. The number of amides is 2. The highest BCUT2D eigenvalue weighted by Gasteiger charge is 2.41. The molecule has 11 heteroatoms. The second-order valence-corrected chi connectivity index (χ2v) is 6.61. The molecule has 162 valence electrons. The Morgan fingerprint density at radius 2 is 1.90 bits per heavy atom. The van der Waals surface area contributed by atoms with Crippen molar-refractivity contribution < 1.29 is 31.9 Å². The number of rotatable bonds is 9. The minimum Gasteiger partial charge on any atom is -0.471 e. The lowest BCUT2D eigenvalue weighted by Gasteiger charge is -2.15. The first-order chi connectivity index (χ1) is 14.1. The van der Waals surface area contributed by atoms with Gasteiger partial charge in [0, 0.05) is 36.5 Å². The number of aromatic nitrogens is 2. The number of pyridine rings is 2. The number of anilines is 1. The summed E-state index contributed by atoms with van der Waals surface area (Å²) < 4.78 is 54.5. The van der Waals surface area contributed by atoms with Crippen LogP contribution in [0.3, 0.4) is 0 Å². The number of alkyl halides is 4. The first-order valence-electron chi connectivity index (χ1n) is 8.87. The van der Waals surface area contributed by atoms with Crippen molar-refractivity contribution in [2.45, 2.75) is 32.7 Å². The molecule has 0 fully saturated rings. The number of carbonyl (C=O) groups is 2. The molecule has 2 rings (SSSR count). The number of nitrogens with zero attached hydrogens (tertiary/aromatic N) is 2. The van der Waals surface area contributed by atoms with Crippen LogP contribution >= 0.6 is 0 Å². The molecule has 0 aromatic carbocycles. The largest absolute Gasteiger partial charge is 0.471 e. The van der Waals surface area contributed by atoms with Crippen molar-refractivity contribution >= 4 is 17.6 Å². The molecule has 0 radical (unpaired) electrons. The summed E-state index contributed by atoms with van der Waals surface area (Å²) in [5, 5.41) is 5.22. The highest BCUT2D eigenvalue weighted by atomic mass is 19.3. The summed E-state index contributed by atoms with van der Waals surface area (Å²) in [5.74, 6) is -5.19. The van der Waals surface area contributed by atoms with Crippen molar-refractivity contribution in [2.24, 2.45) is 5.92 Å². The Morgan fingerprint density at radius 1 is 1.17 bits per heavy atom. The van der Waals surface area contributed by atoms with Gasteiger partial charge in [-0.05, 0) is 17.7 Å². The zero-order valence-electron chi connectivity index (χ0n) is 16.2. The number of hydrogen-bond donors (Lipinski definition) is 2. The fourth-order valence-corrected chi connectivity index (χ4v) is 2.03. The van der Waals surface area contributed by atoms with Crippen LogP contribution < -0.4 is 15.4 Å². The summed E-state index contributed by atoms with van der Waals surface area (Å²) in [4.78, 5) is 31.7. The predicted molar refractivity (Wildman–Crippen MR) is 99.6 cm³/mol. The molecule has 0 aliphatic carbocycles. The Bertz CT molecular complexity index is 876. The molecule has 2 amide bonds. The summed E-state index contributed by atoms with van der Waals surface area (Å²) in [6.07, 6.45) is -1.19. The van der Waals surface area contributed by atoms with Crippen LogP contribution in [0.25, 0.3) is 0 Å². The zero-order valence-corrected chi connectivity index (χ0v) is 16.2. The van der Waals surface area contributed by atoms with Gasteiger partial charge < -0.3 is 15.4 Å². The molecule has 0 aliphatic rings. The van der Waals surface area contributed by atoms with Crippen LogP contribution in [0, 0.1) is 5.92 Å². The molecular formula is C19H20F4N4O3. The van der Waals surface area contributed by atoms with Gasteiger partial charge in [0.15, 0.2) is 6.61 Å². The molecule has 30 heavy (non-hydrogen) atoms. The highest BCUT2D eigenvalue weighted by Crippen LogP contribution is 2.23. The van der Waals surface area contributed by atoms with E-state index < -0.39 is 24.9 Å². The van der Waals surface area contributed by atoms with E-state index in [1.165, 1.54) is 36.7 Å². The van der Waals surface area contributed by atoms with Gasteiger partial charge in [0.1, 0.15) is 5.82 Å². The molecule has 0 saturated carbocycles. The number of hydrogen-bond acceptors (Lipinski definition) is 5. The number of halogens is 4. The Hall–Kier alpha value is -3.24. The predicted octanol–water partition coefficient (Wildman–Crippen LogP) is 3.28. The van der Waals surface area contributed by atoms with Crippen molar-refractivity contribution in [1.82, 2.24) is 15.3 Å². The van der Waals surface area contributed by atoms with E-state index >= 15 is 0 Å². The molecule has 0 unspecified atom stereocenters. The van der Waals surface area contributed by atoms with Crippen molar-refractivity contribution in [1.29, 1.82) is 0 Å². The second-order valence-electron chi connectivity index (χ2n) is 6.61. The van der Waals surface area contributed by atoms with Crippen LogP contribution in [-0.2, 0) is 11.3 Å². The van der Waals surface area contributed by atoms with E-state index in [9.17, 15) is 27.2 Å². The monoisotopic (exact) mass is 428 g/mol. The van der Waals surface area contributed by atoms with Gasteiger partial charge in [0.2, 0.25) is 11.8 Å². The molecule has 0 atom stereocenters. The maximum atomic E-state index is 12.8. The van der Waals surface area contributed by atoms with Gasteiger partial charge >= 0.3 is 12.3 Å². The van der Waals surface area contributed by atoms with E-state index in [0.29, 0.717) is 5.56 Å². The topological polar surface area (TPSA) is 93.2 Å². The van der Waals surface area contributed by atoms with Gasteiger partial charge in [-0.15, -0.1) is 0 Å². The minimum absolute atomic E-state index is 0.0648. The molecule has 0 aliphatic heterocycles. The Labute approximate surface area is 169 Å². The lowest BCUT2D eigenvalue weighted by atomic mass is 10.2. The van der Waals surface area contributed by atoms with Crippen LogP contribution in [0.1, 0.15) is 29.8 Å². The van der Waals surface area contributed by atoms with E-state index in [2.05, 4.69) is 25.3 Å². The summed E-state index contributed by atoms with van der Waals surface area (Å²) in [6, 6.07) is 5.58. The number of nitrogens with one attached hydrogen (secondary N) is 2. The standard InChI is InChI=1S/C19H20F4N4O3/c1-11(2)16(28)27-14-7-13(5-6-24-14)17(29)26-9-12-3-4-15(25-8-12)30-10-19(22,23)18(20)21/h3-8,11,18H,9-10H2,1-2H3,(H,26,29)(H,24,27,28). The van der Waals surface area contributed by atoms with E-state index in [0.717, 1.165) is 0 Å². The third kappa shape index (κ3) is 6.68. The van der Waals surface area contributed by atoms with Crippen LogP contribution in [0.15, 0.2) is 36.7 Å². The average Bonchev–Trinajstić information content (AvgIpc) is 2.71. The van der Waals surface area contributed by atoms with Crippen LogP contribution in [0.2, 0.25) is 0 Å². The molecule has 2 heterocycles. The van der Waals surface area contributed by atoms with Crippen molar-refractivity contribution in [3.8, 4) is 5.88 Å². The Kier molecular flexibility index (Phi) is 7.67. The first kappa shape index (κ1) is 23.0. The lowest BCUT2D eigenvalue weighted by molar-refractivity contribution is -0.148. The van der Waals surface area contributed by atoms with Gasteiger partial charge in [-0.3, -0.25) is 9.59 Å². The number of ether oxygens (including phenoxy) is 1. The third-order valence-corrected chi connectivity index (χ3v) is 3.78. The fraction of sp³-hybridized carbons (Fsp3) is 0.368. The molecular weight excluding hydrogens is 408 g/mol. The van der Waals surface area contributed by atoms with Crippen molar-refractivity contribution in [3.63, 3.8) is 0 Å². The molecule has 0 bridgehead atoms. The molecule has 2 aromatic rings. The minimum atomic E-state index is -4.27. The Morgan fingerprint density at radius 3 is 2.50 bits per heavy atom. The maximum Gasteiger partial charge on any atom is 0.340 e. The van der Waals surface area contributed by atoms with Crippen LogP contribution in [0.5, 0.6) is 5.88 Å². The quantitative estimate of drug-likeness (QED) is 0.598. The molecule has 0 saturated heterocycles. The van der Waals surface area contributed by atoms with Crippen LogP contribution in [0.4, 0.5) is 23.4 Å². The molecule has 2 N–H and O–H groups in total. The average molecular weight is 428 g/mol. The smallest absolute Gasteiger partial charge is 0.340 e. The summed E-state index contributed by atoms with van der Waals surface area (Å²) in [5.41, 5.74) is 0.796. The van der Waals surface area contributed by atoms with E-state index in [-0.39, 0.29) is 35.6 Å². The first-order valence-corrected chi connectivity index (χ1v) is 8.87. The Balaban J connectivity index is 1.90. The zero-order chi connectivity index (χ0) is 22.3. The van der Waals surface area contributed by atoms with E-state index in [4.69, 9.17) is 0 Å². The summed E-state index contributed by atoms with van der Waals surface area (Å²) in [6.45, 7) is 2.02. The fourth-order valence-electron chi connectivity index (χ4n) is 2.03. The highest BCUT2D eigenvalue weighted by molar-refractivity contribution is 5.96. The normalized spacial score (nSPS) is 11.5. The third-order valence-electron chi connectivity index (χ3n) is 3.78. The maximum absolute atomic E-state index is 12.8.